The summed E-state index contributed by atoms with van der Waals surface area (Å²) in [5.74, 6) is 0. The molecule has 3 rings (SSSR count). The Morgan fingerprint density at radius 2 is 2.16 bits per heavy atom. The monoisotopic (exact) mass is 271 g/mol. The van der Waals surface area contributed by atoms with Gasteiger partial charge in [-0.25, -0.2) is 0 Å². The summed E-state index contributed by atoms with van der Waals surface area (Å²) < 4.78 is 3.38. The van der Waals surface area contributed by atoms with Crippen LogP contribution in [0.5, 0.6) is 0 Å². The predicted molar refractivity (Wildman–Crippen MR) is 80.6 cm³/mol. The van der Waals surface area contributed by atoms with Gasteiger partial charge in [0.25, 0.3) is 0 Å². The lowest BCUT2D eigenvalue weighted by atomic mass is 10.1. The van der Waals surface area contributed by atoms with Crippen LogP contribution in [0.1, 0.15) is 23.5 Å². The molecule has 3 nitrogen and oxygen atoms in total. The molecule has 4 heteroatoms. The van der Waals surface area contributed by atoms with Crippen molar-refractivity contribution in [1.82, 2.24) is 15.1 Å². The number of nitrogens with zero attached hydrogens (tertiary/aromatic N) is 2. The Bertz CT molecular complexity index is 650. The molecule has 0 aliphatic heterocycles. The standard InChI is InChI=1S/C15H17N3S/c1-3-18-12(8-9-17-18)15(16-2)14-10-11-6-4-5-7-13(11)19-14/h4-10,15-16H,3H2,1-2H3. The Labute approximate surface area is 116 Å². The lowest BCUT2D eigenvalue weighted by Gasteiger charge is -2.15. The van der Waals surface area contributed by atoms with E-state index in [0.29, 0.717) is 0 Å². The first-order chi connectivity index (χ1) is 9.33. The van der Waals surface area contributed by atoms with Crippen molar-refractivity contribution in [2.75, 3.05) is 7.05 Å². The second-order valence-corrected chi connectivity index (χ2v) is 5.60. The predicted octanol–water partition coefficient (Wildman–Crippen LogP) is 3.43. The molecule has 98 valence electrons. The van der Waals surface area contributed by atoms with Gasteiger partial charge in [0.2, 0.25) is 0 Å². The number of fused-ring (bicyclic) bond motifs is 1. The van der Waals surface area contributed by atoms with E-state index in [0.717, 1.165) is 6.54 Å². The maximum atomic E-state index is 4.36. The quantitative estimate of drug-likeness (QED) is 0.788. The summed E-state index contributed by atoms with van der Waals surface area (Å²) in [7, 11) is 2.00. The van der Waals surface area contributed by atoms with Gasteiger partial charge in [0.05, 0.1) is 11.7 Å². The second-order valence-electron chi connectivity index (χ2n) is 4.48. The van der Waals surface area contributed by atoms with E-state index >= 15 is 0 Å². The minimum atomic E-state index is 0.208. The van der Waals surface area contributed by atoms with Gasteiger partial charge in [-0.05, 0) is 37.6 Å². The number of hydrogen-bond donors (Lipinski definition) is 1. The zero-order chi connectivity index (χ0) is 13.2. The van der Waals surface area contributed by atoms with Crippen LogP contribution in [0.2, 0.25) is 0 Å². The zero-order valence-corrected chi connectivity index (χ0v) is 11.9. The molecular formula is C15H17N3S. The number of aryl methyl sites for hydroxylation is 1. The highest BCUT2D eigenvalue weighted by molar-refractivity contribution is 7.19. The van der Waals surface area contributed by atoms with E-state index in [2.05, 4.69) is 53.7 Å². The van der Waals surface area contributed by atoms with Gasteiger partial charge in [0.15, 0.2) is 0 Å². The third-order valence-electron chi connectivity index (χ3n) is 3.36. The van der Waals surface area contributed by atoms with Gasteiger partial charge >= 0.3 is 0 Å². The number of thiophene rings is 1. The highest BCUT2D eigenvalue weighted by Gasteiger charge is 2.18. The molecule has 0 aliphatic rings. The van der Waals surface area contributed by atoms with Crippen LogP contribution in [0.15, 0.2) is 42.6 Å². The normalized spacial score (nSPS) is 12.9. The van der Waals surface area contributed by atoms with Gasteiger partial charge in [-0.15, -0.1) is 11.3 Å². The summed E-state index contributed by atoms with van der Waals surface area (Å²) >= 11 is 1.84. The smallest absolute Gasteiger partial charge is 0.0839 e. The summed E-state index contributed by atoms with van der Waals surface area (Å²) in [4.78, 5) is 1.33. The Hall–Kier alpha value is -1.65. The van der Waals surface area contributed by atoms with Crippen LogP contribution in [0.25, 0.3) is 10.1 Å². The molecule has 0 fully saturated rings. The topological polar surface area (TPSA) is 29.9 Å². The van der Waals surface area contributed by atoms with Crippen LogP contribution in [0, 0.1) is 0 Å². The fourth-order valence-electron chi connectivity index (χ4n) is 2.43. The molecule has 0 saturated carbocycles. The van der Waals surface area contributed by atoms with Gasteiger partial charge in [-0.1, -0.05) is 18.2 Å². The van der Waals surface area contributed by atoms with E-state index in [1.807, 2.05) is 29.3 Å². The Morgan fingerprint density at radius 3 is 2.89 bits per heavy atom. The van der Waals surface area contributed by atoms with Crippen LogP contribution in [0.4, 0.5) is 0 Å². The first-order valence-electron chi connectivity index (χ1n) is 6.51. The maximum Gasteiger partial charge on any atom is 0.0839 e. The molecule has 3 aromatic rings. The summed E-state index contributed by atoms with van der Waals surface area (Å²) in [6.07, 6.45) is 1.87. The highest BCUT2D eigenvalue weighted by atomic mass is 32.1. The average Bonchev–Trinajstić information content (AvgIpc) is 3.05. The van der Waals surface area contributed by atoms with E-state index in [-0.39, 0.29) is 6.04 Å². The molecule has 0 radical (unpaired) electrons. The summed E-state index contributed by atoms with van der Waals surface area (Å²) in [6.45, 7) is 3.01. The number of benzene rings is 1. The number of nitrogens with one attached hydrogen (secondary N) is 1. The second kappa shape index (κ2) is 5.15. The van der Waals surface area contributed by atoms with Crippen LogP contribution >= 0.6 is 11.3 Å². The molecule has 1 aromatic carbocycles. The van der Waals surface area contributed by atoms with E-state index < -0.39 is 0 Å². The molecular weight excluding hydrogens is 254 g/mol. The SMILES string of the molecule is CCn1nccc1C(NC)c1cc2ccccc2s1. The molecule has 2 aromatic heterocycles. The molecule has 1 N–H and O–H groups in total. The molecule has 19 heavy (non-hydrogen) atoms. The van der Waals surface area contributed by atoms with Crippen LogP contribution in [-0.4, -0.2) is 16.8 Å². The van der Waals surface area contributed by atoms with Gasteiger partial charge < -0.3 is 5.32 Å². The fourth-order valence-corrected chi connectivity index (χ4v) is 3.62. The van der Waals surface area contributed by atoms with Crippen LogP contribution < -0.4 is 5.32 Å². The van der Waals surface area contributed by atoms with Crippen molar-refractivity contribution < 1.29 is 0 Å². The maximum absolute atomic E-state index is 4.36. The minimum absolute atomic E-state index is 0.208. The Morgan fingerprint density at radius 1 is 1.32 bits per heavy atom. The highest BCUT2D eigenvalue weighted by Crippen LogP contribution is 2.32. The van der Waals surface area contributed by atoms with E-state index in [1.165, 1.54) is 20.7 Å². The molecule has 1 unspecified atom stereocenters. The molecule has 0 saturated heterocycles. The molecule has 0 spiro atoms. The molecule has 0 amide bonds. The number of hydrogen-bond acceptors (Lipinski definition) is 3. The lowest BCUT2D eigenvalue weighted by molar-refractivity contribution is 0.568. The van der Waals surface area contributed by atoms with Crippen LogP contribution in [0.3, 0.4) is 0 Å². The largest absolute Gasteiger partial charge is 0.307 e. The van der Waals surface area contributed by atoms with Crippen molar-refractivity contribution in [2.24, 2.45) is 0 Å². The third-order valence-corrected chi connectivity index (χ3v) is 4.54. The van der Waals surface area contributed by atoms with E-state index in [1.54, 1.807) is 0 Å². The molecule has 0 aliphatic carbocycles. The third kappa shape index (κ3) is 2.17. The summed E-state index contributed by atoms with van der Waals surface area (Å²) in [5.41, 5.74) is 1.22. The van der Waals surface area contributed by atoms with Crippen molar-refractivity contribution in [3.8, 4) is 0 Å². The Balaban J connectivity index is 2.06. The number of aromatic nitrogens is 2. The summed E-state index contributed by atoms with van der Waals surface area (Å²) in [5, 5.41) is 9.08. The average molecular weight is 271 g/mol. The van der Waals surface area contributed by atoms with E-state index in [4.69, 9.17) is 0 Å². The minimum Gasteiger partial charge on any atom is -0.307 e. The van der Waals surface area contributed by atoms with Crippen molar-refractivity contribution in [3.05, 3.63) is 53.2 Å². The molecule has 0 bridgehead atoms. The Kier molecular flexibility index (Phi) is 3.36. The van der Waals surface area contributed by atoms with Gasteiger partial charge in [-0.3, -0.25) is 4.68 Å². The number of rotatable bonds is 4. The first-order valence-corrected chi connectivity index (χ1v) is 7.32. The van der Waals surface area contributed by atoms with Crippen molar-refractivity contribution in [2.45, 2.75) is 19.5 Å². The van der Waals surface area contributed by atoms with Gasteiger partial charge in [-0.2, -0.15) is 5.10 Å². The lowest BCUT2D eigenvalue weighted by Crippen LogP contribution is -2.20. The van der Waals surface area contributed by atoms with Crippen molar-refractivity contribution in [3.63, 3.8) is 0 Å². The fraction of sp³-hybridized carbons (Fsp3) is 0.267. The van der Waals surface area contributed by atoms with E-state index in [9.17, 15) is 0 Å². The van der Waals surface area contributed by atoms with Crippen molar-refractivity contribution >= 4 is 21.4 Å². The van der Waals surface area contributed by atoms with Gasteiger partial charge in [0.1, 0.15) is 0 Å². The van der Waals surface area contributed by atoms with Gasteiger partial charge in [0, 0.05) is 22.3 Å². The molecule has 2 heterocycles. The van der Waals surface area contributed by atoms with Crippen molar-refractivity contribution in [1.29, 1.82) is 0 Å². The molecule has 1 atom stereocenters. The van der Waals surface area contributed by atoms with Crippen LogP contribution in [-0.2, 0) is 6.54 Å². The zero-order valence-electron chi connectivity index (χ0n) is 11.1. The first kappa shape index (κ1) is 12.4. The summed E-state index contributed by atoms with van der Waals surface area (Å²) in [6, 6.07) is 13.1.